The molecule has 1 N–H and O–H groups in total. The summed E-state index contributed by atoms with van der Waals surface area (Å²) in [7, 11) is 0. The molecule has 0 aliphatic carbocycles. The number of hydrogen-bond acceptors (Lipinski definition) is 5. The zero-order valence-electron chi connectivity index (χ0n) is 21.8. The van der Waals surface area contributed by atoms with E-state index in [0.717, 1.165) is 49.5 Å². The minimum atomic E-state index is -0.401. The Labute approximate surface area is 221 Å². The average molecular weight is 513 g/mol. The third-order valence-corrected chi connectivity index (χ3v) is 7.17. The number of morpholine rings is 1. The number of nitrogens with one attached hydrogen (secondary N) is 1. The Morgan fingerprint density at radius 3 is 2.39 bits per heavy atom. The lowest BCUT2D eigenvalue weighted by Gasteiger charge is -2.26. The van der Waals surface area contributed by atoms with Gasteiger partial charge in [0.2, 0.25) is 0 Å². The maximum Gasteiger partial charge on any atom is 0.336 e. The summed E-state index contributed by atoms with van der Waals surface area (Å²) >= 11 is 0. The number of ether oxygens (including phenoxy) is 1. The highest BCUT2D eigenvalue weighted by atomic mass is 16.5. The van der Waals surface area contributed by atoms with Gasteiger partial charge in [-0.1, -0.05) is 30.3 Å². The first kappa shape index (κ1) is 25.6. The second-order valence-electron chi connectivity index (χ2n) is 9.70. The van der Waals surface area contributed by atoms with Crippen LogP contribution in [-0.2, 0) is 11.3 Å². The molecule has 8 nitrogen and oxygen atoms in total. The largest absolute Gasteiger partial charge is 0.379 e. The molecule has 1 aromatic heterocycles. The summed E-state index contributed by atoms with van der Waals surface area (Å²) in [4.78, 5) is 41.9. The molecule has 0 radical (unpaired) electrons. The minimum absolute atomic E-state index is 0.129. The van der Waals surface area contributed by atoms with Crippen molar-refractivity contribution < 1.29 is 9.53 Å². The Morgan fingerprint density at radius 1 is 0.921 bits per heavy atom. The standard InChI is InChI=1S/C30H32N4O4/c1-21-7-12-25(19-22(21)2)34-29(36)26-5-3-4-6-27(26)33(30(34)37)20-23-8-10-24(11-9-23)28(35)31-13-14-32-15-17-38-18-16-32/h3-12,19H,13-18,20H2,1-2H3,(H,31,35). The number of hydrogen-bond donors (Lipinski definition) is 1. The molecule has 196 valence electrons. The van der Waals surface area contributed by atoms with Crippen molar-refractivity contribution in [3.63, 3.8) is 0 Å². The number of aromatic nitrogens is 2. The van der Waals surface area contributed by atoms with Gasteiger partial charge in [0, 0.05) is 31.7 Å². The maximum absolute atomic E-state index is 13.7. The van der Waals surface area contributed by atoms with E-state index in [1.807, 2.05) is 44.2 Å². The number of nitrogens with zero attached hydrogens (tertiary/aromatic N) is 3. The molecule has 0 saturated carbocycles. The van der Waals surface area contributed by atoms with Gasteiger partial charge in [-0.3, -0.25) is 19.1 Å². The number of amides is 1. The first-order valence-corrected chi connectivity index (χ1v) is 12.9. The highest BCUT2D eigenvalue weighted by Crippen LogP contribution is 2.15. The van der Waals surface area contributed by atoms with E-state index in [1.165, 1.54) is 4.57 Å². The number of fused-ring (bicyclic) bond motifs is 1. The summed E-state index contributed by atoms with van der Waals surface area (Å²) in [6.07, 6.45) is 0. The Morgan fingerprint density at radius 2 is 1.66 bits per heavy atom. The van der Waals surface area contributed by atoms with Crippen molar-refractivity contribution in [1.82, 2.24) is 19.4 Å². The third kappa shape index (κ3) is 5.32. The summed E-state index contributed by atoms with van der Waals surface area (Å²) in [6.45, 7) is 8.82. The predicted octanol–water partition coefficient (Wildman–Crippen LogP) is 2.88. The third-order valence-electron chi connectivity index (χ3n) is 7.17. The fourth-order valence-electron chi connectivity index (χ4n) is 4.76. The number of carbonyl (C=O) groups is 1. The summed E-state index contributed by atoms with van der Waals surface area (Å²) in [5, 5.41) is 3.45. The average Bonchev–Trinajstić information content (AvgIpc) is 2.94. The van der Waals surface area contributed by atoms with Gasteiger partial charge in [-0.25, -0.2) is 9.36 Å². The maximum atomic E-state index is 13.7. The minimum Gasteiger partial charge on any atom is -0.379 e. The molecule has 1 saturated heterocycles. The van der Waals surface area contributed by atoms with Crippen LogP contribution in [0.4, 0.5) is 0 Å². The monoisotopic (exact) mass is 512 g/mol. The molecule has 0 bridgehead atoms. The topological polar surface area (TPSA) is 85.6 Å². The van der Waals surface area contributed by atoms with Crippen molar-refractivity contribution in [2.75, 3.05) is 39.4 Å². The van der Waals surface area contributed by atoms with Crippen molar-refractivity contribution in [2.45, 2.75) is 20.4 Å². The molecule has 0 spiro atoms. The molecular formula is C30H32N4O4. The summed E-state index contributed by atoms with van der Waals surface area (Å²) < 4.78 is 8.21. The molecule has 3 aromatic carbocycles. The summed E-state index contributed by atoms with van der Waals surface area (Å²) in [5.74, 6) is -0.129. The lowest BCUT2D eigenvalue weighted by Crippen LogP contribution is -2.41. The van der Waals surface area contributed by atoms with E-state index in [0.29, 0.717) is 28.7 Å². The van der Waals surface area contributed by atoms with Crippen molar-refractivity contribution in [2.24, 2.45) is 0 Å². The second kappa shape index (κ2) is 11.2. The zero-order valence-corrected chi connectivity index (χ0v) is 21.8. The number of carbonyl (C=O) groups excluding carboxylic acids is 1. The Kier molecular flexibility index (Phi) is 7.53. The van der Waals surface area contributed by atoms with Gasteiger partial charge in [0.05, 0.1) is 36.3 Å². The van der Waals surface area contributed by atoms with Gasteiger partial charge in [0.15, 0.2) is 0 Å². The fraction of sp³-hybridized carbons (Fsp3) is 0.300. The van der Waals surface area contributed by atoms with Crippen LogP contribution in [0, 0.1) is 13.8 Å². The molecule has 1 aliphatic rings. The number of rotatable bonds is 7. The van der Waals surface area contributed by atoms with E-state index in [1.54, 1.807) is 41.0 Å². The van der Waals surface area contributed by atoms with E-state index in [-0.39, 0.29) is 18.0 Å². The van der Waals surface area contributed by atoms with Crippen LogP contribution in [0.2, 0.25) is 0 Å². The number of aryl methyl sites for hydroxylation is 2. The van der Waals surface area contributed by atoms with E-state index in [4.69, 9.17) is 4.74 Å². The zero-order chi connectivity index (χ0) is 26.6. The summed E-state index contributed by atoms with van der Waals surface area (Å²) in [6, 6.07) is 20.0. The number of para-hydroxylation sites is 1. The molecule has 4 aromatic rings. The molecule has 1 amide bonds. The smallest absolute Gasteiger partial charge is 0.336 e. The van der Waals surface area contributed by atoms with Crippen LogP contribution in [0.25, 0.3) is 16.6 Å². The van der Waals surface area contributed by atoms with Gasteiger partial charge in [-0.05, 0) is 66.9 Å². The molecule has 2 heterocycles. The van der Waals surface area contributed by atoms with E-state index in [2.05, 4.69) is 10.2 Å². The van der Waals surface area contributed by atoms with Crippen LogP contribution in [0.3, 0.4) is 0 Å². The van der Waals surface area contributed by atoms with Crippen LogP contribution >= 0.6 is 0 Å². The SMILES string of the molecule is Cc1ccc(-n2c(=O)c3ccccc3n(Cc3ccc(C(=O)NCCN4CCOCC4)cc3)c2=O)cc1C. The Bertz CT molecular complexity index is 1580. The van der Waals surface area contributed by atoms with Crippen molar-refractivity contribution in [3.05, 3.63) is 110 Å². The van der Waals surface area contributed by atoms with Gasteiger partial charge >= 0.3 is 5.69 Å². The Balaban J connectivity index is 1.39. The first-order chi connectivity index (χ1) is 18.4. The lowest BCUT2D eigenvalue weighted by molar-refractivity contribution is 0.0383. The Hall–Kier alpha value is -4.01. The van der Waals surface area contributed by atoms with Crippen LogP contribution in [0.5, 0.6) is 0 Å². The molecule has 38 heavy (non-hydrogen) atoms. The highest BCUT2D eigenvalue weighted by molar-refractivity contribution is 5.94. The molecule has 1 aliphatic heterocycles. The normalized spacial score (nSPS) is 14.1. The lowest BCUT2D eigenvalue weighted by atomic mass is 10.1. The van der Waals surface area contributed by atoms with E-state index in [9.17, 15) is 14.4 Å². The molecule has 1 fully saturated rings. The molecular weight excluding hydrogens is 480 g/mol. The first-order valence-electron chi connectivity index (χ1n) is 12.9. The molecule has 8 heteroatoms. The second-order valence-corrected chi connectivity index (χ2v) is 9.70. The molecule has 5 rings (SSSR count). The van der Waals surface area contributed by atoms with Crippen LogP contribution in [0.1, 0.15) is 27.0 Å². The summed E-state index contributed by atoms with van der Waals surface area (Å²) in [5.41, 5.74) is 3.90. The van der Waals surface area contributed by atoms with Gasteiger partial charge in [0.25, 0.3) is 11.5 Å². The molecule has 0 unspecified atom stereocenters. The van der Waals surface area contributed by atoms with Gasteiger partial charge in [0.1, 0.15) is 0 Å². The van der Waals surface area contributed by atoms with Gasteiger partial charge < -0.3 is 10.1 Å². The number of benzene rings is 3. The highest BCUT2D eigenvalue weighted by Gasteiger charge is 2.16. The van der Waals surface area contributed by atoms with Gasteiger partial charge in [-0.15, -0.1) is 0 Å². The fourth-order valence-corrected chi connectivity index (χ4v) is 4.76. The van der Waals surface area contributed by atoms with Crippen LogP contribution in [-0.4, -0.2) is 59.3 Å². The van der Waals surface area contributed by atoms with E-state index < -0.39 is 5.69 Å². The van der Waals surface area contributed by atoms with Crippen molar-refractivity contribution in [1.29, 1.82) is 0 Å². The van der Waals surface area contributed by atoms with Crippen LogP contribution < -0.4 is 16.6 Å². The van der Waals surface area contributed by atoms with Crippen molar-refractivity contribution in [3.8, 4) is 5.69 Å². The predicted molar refractivity (Wildman–Crippen MR) is 148 cm³/mol. The molecule has 0 atom stereocenters. The quantitative estimate of drug-likeness (QED) is 0.412. The van der Waals surface area contributed by atoms with Crippen molar-refractivity contribution >= 4 is 16.8 Å². The van der Waals surface area contributed by atoms with Crippen LogP contribution in [0.15, 0.2) is 76.3 Å². The van der Waals surface area contributed by atoms with E-state index >= 15 is 0 Å². The van der Waals surface area contributed by atoms with Gasteiger partial charge in [-0.2, -0.15) is 0 Å².